The molecule has 0 saturated carbocycles. The largest absolute Gasteiger partial charge is 0.284 e. The van der Waals surface area contributed by atoms with Gasteiger partial charge in [-0.15, -0.1) is 28.7 Å². The highest BCUT2D eigenvalue weighted by atomic mass is 35.7. The minimum absolute atomic E-state index is 0.698. The first-order valence-corrected chi connectivity index (χ1v) is 9.41. The van der Waals surface area contributed by atoms with Crippen LogP contribution in [0.3, 0.4) is 0 Å². The lowest BCUT2D eigenvalue weighted by Crippen LogP contribution is -2.35. The quantitative estimate of drug-likeness (QED) is 0.426. The Morgan fingerprint density at radius 1 is 1.27 bits per heavy atom. The number of rotatable bonds is 5. The van der Waals surface area contributed by atoms with Gasteiger partial charge in [-0.1, -0.05) is 43.7 Å². The third kappa shape index (κ3) is 3.67. The first kappa shape index (κ1) is 12.8. The van der Waals surface area contributed by atoms with Gasteiger partial charge in [-0.05, 0) is 23.2 Å². The van der Waals surface area contributed by atoms with Crippen molar-refractivity contribution >= 4 is 34.0 Å². The van der Waals surface area contributed by atoms with Gasteiger partial charge in [-0.2, -0.15) is 0 Å². The summed E-state index contributed by atoms with van der Waals surface area (Å²) < 4.78 is 0. The SMILES string of the molecule is C=CC[Si](Cl)(Cl)c1ccc(CCC)cc1. The number of hydrogen-bond acceptors (Lipinski definition) is 0. The highest BCUT2D eigenvalue weighted by Gasteiger charge is 2.28. The van der Waals surface area contributed by atoms with Crippen LogP contribution in [0.5, 0.6) is 0 Å². The molecule has 0 fully saturated rings. The lowest BCUT2D eigenvalue weighted by Gasteiger charge is -2.15. The van der Waals surface area contributed by atoms with Crippen LogP contribution < -0.4 is 5.19 Å². The van der Waals surface area contributed by atoms with Crippen LogP contribution in [0.4, 0.5) is 0 Å². The van der Waals surface area contributed by atoms with E-state index in [1.165, 1.54) is 5.56 Å². The van der Waals surface area contributed by atoms with Crippen molar-refractivity contribution in [2.75, 3.05) is 0 Å². The molecule has 0 nitrogen and oxygen atoms in total. The van der Waals surface area contributed by atoms with E-state index in [4.69, 9.17) is 22.2 Å². The van der Waals surface area contributed by atoms with Gasteiger partial charge in [-0.25, -0.2) is 0 Å². The molecule has 0 atom stereocenters. The summed E-state index contributed by atoms with van der Waals surface area (Å²) in [5, 5.41) is 1.07. The van der Waals surface area contributed by atoms with Crippen LogP contribution in [0, 0.1) is 0 Å². The fraction of sp³-hybridized carbons (Fsp3) is 0.333. The van der Waals surface area contributed by atoms with E-state index in [1.807, 2.05) is 0 Å². The molecule has 0 aromatic heterocycles. The molecule has 1 aromatic rings. The summed E-state index contributed by atoms with van der Waals surface area (Å²) in [6.07, 6.45) is 4.07. The van der Waals surface area contributed by atoms with Crippen molar-refractivity contribution in [2.24, 2.45) is 0 Å². The van der Waals surface area contributed by atoms with Crippen LogP contribution in [0.25, 0.3) is 0 Å². The van der Waals surface area contributed by atoms with Crippen molar-refractivity contribution in [1.82, 2.24) is 0 Å². The summed E-state index contributed by atoms with van der Waals surface area (Å²) in [6, 6.07) is 9.05. The van der Waals surface area contributed by atoms with E-state index in [2.05, 4.69) is 37.8 Å². The summed E-state index contributed by atoms with van der Waals surface area (Å²) in [5.41, 5.74) is 1.35. The number of allylic oxidation sites excluding steroid dienone is 1. The second-order valence-corrected chi connectivity index (χ2v) is 10.5. The molecule has 3 heteroatoms. The van der Waals surface area contributed by atoms with E-state index in [9.17, 15) is 0 Å². The topological polar surface area (TPSA) is 0 Å². The van der Waals surface area contributed by atoms with Crippen molar-refractivity contribution in [2.45, 2.75) is 25.8 Å². The number of halogens is 2. The zero-order valence-electron chi connectivity index (χ0n) is 8.97. The Bertz CT molecular complexity index is 317. The van der Waals surface area contributed by atoms with Crippen LogP contribution in [-0.2, 0) is 6.42 Å². The Labute approximate surface area is 102 Å². The molecule has 0 radical (unpaired) electrons. The first-order valence-electron chi connectivity index (χ1n) is 5.18. The second kappa shape index (κ2) is 5.74. The van der Waals surface area contributed by atoms with Crippen LogP contribution >= 0.6 is 22.2 Å². The van der Waals surface area contributed by atoms with Crippen molar-refractivity contribution in [3.63, 3.8) is 0 Å². The van der Waals surface area contributed by atoms with Crippen LogP contribution in [0.15, 0.2) is 36.9 Å². The molecule has 82 valence electrons. The maximum atomic E-state index is 6.32. The van der Waals surface area contributed by atoms with Gasteiger partial charge in [0, 0.05) is 0 Å². The number of benzene rings is 1. The van der Waals surface area contributed by atoms with E-state index < -0.39 is 6.69 Å². The summed E-state index contributed by atoms with van der Waals surface area (Å²) >= 11 is 12.6. The van der Waals surface area contributed by atoms with Crippen LogP contribution in [0.1, 0.15) is 18.9 Å². The van der Waals surface area contributed by atoms with Gasteiger partial charge in [0.05, 0.1) is 0 Å². The molecular formula is C12H16Cl2Si. The lowest BCUT2D eigenvalue weighted by molar-refractivity contribution is 0.922. The number of aryl methyl sites for hydroxylation is 1. The Morgan fingerprint density at radius 2 is 1.87 bits per heavy atom. The van der Waals surface area contributed by atoms with Gasteiger partial charge < -0.3 is 0 Å². The monoisotopic (exact) mass is 258 g/mol. The van der Waals surface area contributed by atoms with Crippen LogP contribution in [0.2, 0.25) is 6.04 Å². The van der Waals surface area contributed by atoms with Gasteiger partial charge in [-0.3, -0.25) is 0 Å². The average molecular weight is 259 g/mol. The smallest absolute Gasteiger partial charge is 0.139 e. The van der Waals surface area contributed by atoms with E-state index in [-0.39, 0.29) is 0 Å². The normalized spacial score (nSPS) is 11.4. The van der Waals surface area contributed by atoms with Gasteiger partial charge in [0.1, 0.15) is 0 Å². The predicted molar refractivity (Wildman–Crippen MR) is 72.5 cm³/mol. The summed E-state index contributed by atoms with van der Waals surface area (Å²) in [4.78, 5) is 0. The van der Waals surface area contributed by atoms with E-state index >= 15 is 0 Å². The standard InChI is InChI=1S/C12H16Cl2Si/c1-3-5-11-6-8-12(9-7-11)15(13,14)10-4-2/h4,6-9H,2-3,5,10H2,1H3. The highest BCUT2D eigenvalue weighted by molar-refractivity contribution is 7.51. The highest BCUT2D eigenvalue weighted by Crippen LogP contribution is 2.20. The molecule has 15 heavy (non-hydrogen) atoms. The minimum Gasteiger partial charge on any atom is -0.139 e. The molecule has 0 aliphatic carbocycles. The average Bonchev–Trinajstić information content (AvgIpc) is 2.19. The van der Waals surface area contributed by atoms with Crippen molar-refractivity contribution in [3.05, 3.63) is 42.5 Å². The molecule has 1 rings (SSSR count). The summed E-state index contributed by atoms with van der Waals surface area (Å²) in [5.74, 6) is 0. The van der Waals surface area contributed by atoms with Gasteiger partial charge in [0.2, 0.25) is 0 Å². The van der Waals surface area contributed by atoms with E-state index in [0.717, 1.165) is 18.0 Å². The van der Waals surface area contributed by atoms with Crippen molar-refractivity contribution in [1.29, 1.82) is 0 Å². The molecule has 1 aromatic carbocycles. The van der Waals surface area contributed by atoms with Gasteiger partial charge in [0.25, 0.3) is 6.69 Å². The third-order valence-corrected chi connectivity index (χ3v) is 6.53. The molecule has 0 bridgehead atoms. The number of hydrogen-bond donors (Lipinski definition) is 0. The van der Waals surface area contributed by atoms with E-state index in [1.54, 1.807) is 6.08 Å². The second-order valence-electron chi connectivity index (χ2n) is 3.64. The molecule has 0 saturated heterocycles. The summed E-state index contributed by atoms with van der Waals surface area (Å²) in [7, 11) is 0. The Balaban J connectivity index is 2.83. The summed E-state index contributed by atoms with van der Waals surface area (Å²) in [6.45, 7) is 3.56. The Morgan fingerprint density at radius 3 is 2.33 bits per heavy atom. The molecule has 0 aliphatic heterocycles. The third-order valence-electron chi connectivity index (χ3n) is 2.32. The molecule has 0 aliphatic rings. The zero-order chi connectivity index (χ0) is 11.3. The zero-order valence-corrected chi connectivity index (χ0v) is 11.5. The fourth-order valence-corrected chi connectivity index (χ4v) is 4.17. The fourth-order valence-electron chi connectivity index (χ4n) is 1.50. The predicted octanol–water partition coefficient (Wildman–Crippen LogP) is 3.95. The van der Waals surface area contributed by atoms with E-state index in [0.29, 0.717) is 6.04 Å². The molecule has 0 N–H and O–H groups in total. The van der Waals surface area contributed by atoms with Crippen molar-refractivity contribution < 1.29 is 0 Å². The molecule has 0 amide bonds. The minimum atomic E-state index is -2.30. The lowest BCUT2D eigenvalue weighted by atomic mass is 10.1. The first-order chi connectivity index (χ1) is 7.10. The van der Waals surface area contributed by atoms with Crippen LogP contribution in [-0.4, -0.2) is 6.69 Å². The molecular weight excluding hydrogens is 243 g/mol. The van der Waals surface area contributed by atoms with Gasteiger partial charge >= 0.3 is 0 Å². The molecule has 0 unspecified atom stereocenters. The molecule has 0 heterocycles. The Kier molecular flexibility index (Phi) is 4.90. The maximum Gasteiger partial charge on any atom is 0.284 e. The maximum absolute atomic E-state index is 6.32. The molecule has 0 spiro atoms. The van der Waals surface area contributed by atoms with Crippen molar-refractivity contribution in [3.8, 4) is 0 Å². The Hall–Kier alpha value is -0.243. The van der Waals surface area contributed by atoms with Gasteiger partial charge in [0.15, 0.2) is 0 Å².